The largest absolute Gasteiger partial charge is 0.316 e. The zero-order chi connectivity index (χ0) is 15.6. The lowest BCUT2D eigenvalue weighted by molar-refractivity contribution is -0.129. The van der Waals surface area contributed by atoms with Crippen molar-refractivity contribution in [1.29, 1.82) is 0 Å². The predicted molar refractivity (Wildman–Crippen MR) is 88.4 cm³/mol. The van der Waals surface area contributed by atoms with Crippen LogP contribution in [-0.4, -0.2) is 28.7 Å². The van der Waals surface area contributed by atoms with Gasteiger partial charge in [-0.3, -0.25) is 9.48 Å². The first kappa shape index (κ1) is 16.7. The van der Waals surface area contributed by atoms with Crippen molar-refractivity contribution in [3.05, 3.63) is 15.9 Å². The summed E-state index contributed by atoms with van der Waals surface area (Å²) in [6, 6.07) is 0. The molecule has 1 atom stereocenters. The summed E-state index contributed by atoms with van der Waals surface area (Å²) >= 11 is 3.59. The number of ketones is 1. The molecule has 4 nitrogen and oxygen atoms in total. The number of carbonyl (C=O) groups is 1. The molecule has 0 bridgehead atoms. The van der Waals surface area contributed by atoms with E-state index in [1.54, 1.807) is 0 Å². The van der Waals surface area contributed by atoms with E-state index in [9.17, 15) is 4.79 Å². The summed E-state index contributed by atoms with van der Waals surface area (Å²) in [6.45, 7) is 11.0. The highest BCUT2D eigenvalue weighted by atomic mass is 79.9. The van der Waals surface area contributed by atoms with Crippen LogP contribution >= 0.6 is 15.9 Å². The van der Waals surface area contributed by atoms with E-state index >= 15 is 0 Å². The molecule has 0 amide bonds. The maximum absolute atomic E-state index is 12.9. The van der Waals surface area contributed by atoms with Gasteiger partial charge in [0.15, 0.2) is 0 Å². The third-order valence-corrected chi connectivity index (χ3v) is 5.85. The van der Waals surface area contributed by atoms with Crippen LogP contribution < -0.4 is 5.32 Å². The van der Waals surface area contributed by atoms with Crippen LogP contribution in [0.25, 0.3) is 0 Å². The maximum atomic E-state index is 12.9. The molecule has 5 heteroatoms. The van der Waals surface area contributed by atoms with Crippen LogP contribution in [-0.2, 0) is 17.8 Å². The van der Waals surface area contributed by atoms with Crippen LogP contribution in [0.15, 0.2) is 4.47 Å². The molecule has 0 spiro atoms. The van der Waals surface area contributed by atoms with Crippen LogP contribution in [0.2, 0.25) is 0 Å². The average molecular weight is 356 g/mol. The number of Topliss-reactive ketones (excluding diaryl/α,β-unsaturated/α-hetero) is 1. The first-order chi connectivity index (χ1) is 9.87. The van der Waals surface area contributed by atoms with Gasteiger partial charge in [-0.05, 0) is 61.6 Å². The fourth-order valence-corrected chi connectivity index (χ4v) is 3.54. The zero-order valence-corrected chi connectivity index (χ0v) is 15.1. The summed E-state index contributed by atoms with van der Waals surface area (Å²) < 4.78 is 2.92. The monoisotopic (exact) mass is 355 g/mol. The van der Waals surface area contributed by atoms with E-state index < -0.39 is 0 Å². The molecular formula is C16H26BrN3O. The zero-order valence-electron chi connectivity index (χ0n) is 13.5. The Bertz CT molecular complexity index is 516. The second kappa shape index (κ2) is 6.61. The molecule has 1 fully saturated rings. The molecule has 118 valence electrons. The Balaban J connectivity index is 2.17. The Labute approximate surface area is 135 Å². The maximum Gasteiger partial charge on any atom is 0.144 e. The molecule has 1 aliphatic rings. The number of hydrogen-bond donors (Lipinski definition) is 1. The second-order valence-electron chi connectivity index (χ2n) is 6.53. The quantitative estimate of drug-likeness (QED) is 0.882. The fourth-order valence-electron chi connectivity index (χ4n) is 3.11. The van der Waals surface area contributed by atoms with Gasteiger partial charge < -0.3 is 5.32 Å². The molecule has 2 rings (SSSR count). The van der Waals surface area contributed by atoms with Crippen molar-refractivity contribution in [2.75, 3.05) is 13.1 Å². The van der Waals surface area contributed by atoms with Crippen molar-refractivity contribution < 1.29 is 4.79 Å². The molecule has 1 N–H and O–H groups in total. The molecule has 0 radical (unpaired) electrons. The van der Waals surface area contributed by atoms with Gasteiger partial charge in [0.05, 0.1) is 22.3 Å². The smallest absolute Gasteiger partial charge is 0.144 e. The second-order valence-corrected chi connectivity index (χ2v) is 7.32. The summed E-state index contributed by atoms with van der Waals surface area (Å²) in [6.07, 6.45) is 2.76. The number of aromatic nitrogens is 2. The fraction of sp³-hybridized carbons (Fsp3) is 0.750. The number of hydrogen-bond acceptors (Lipinski definition) is 3. The van der Waals surface area contributed by atoms with E-state index in [0.717, 1.165) is 48.3 Å². The number of nitrogens with one attached hydrogen (secondary N) is 1. The minimum atomic E-state index is -0.288. The Kier molecular flexibility index (Phi) is 5.25. The van der Waals surface area contributed by atoms with Gasteiger partial charge in [0.1, 0.15) is 5.78 Å². The Morgan fingerprint density at radius 2 is 2.24 bits per heavy atom. The standard InChI is InChI=1S/C16H26BrN3O/c1-5-20-13(15(17)11(2)19-20)9-14(21)16(3,4)12-7-6-8-18-10-12/h12,18H,5-10H2,1-4H3. The Hall–Kier alpha value is -0.680. The highest BCUT2D eigenvalue weighted by Crippen LogP contribution is 2.34. The van der Waals surface area contributed by atoms with Gasteiger partial charge in [-0.1, -0.05) is 13.8 Å². The van der Waals surface area contributed by atoms with Crippen molar-refractivity contribution in [3.8, 4) is 0 Å². The van der Waals surface area contributed by atoms with Crippen molar-refractivity contribution in [2.24, 2.45) is 11.3 Å². The molecule has 1 saturated heterocycles. The van der Waals surface area contributed by atoms with Gasteiger partial charge in [-0.2, -0.15) is 5.10 Å². The normalized spacial score (nSPS) is 19.8. The number of aryl methyl sites for hydroxylation is 2. The van der Waals surface area contributed by atoms with Crippen molar-refractivity contribution >= 4 is 21.7 Å². The van der Waals surface area contributed by atoms with E-state index in [0.29, 0.717) is 18.1 Å². The van der Waals surface area contributed by atoms with E-state index in [-0.39, 0.29) is 5.41 Å². The van der Waals surface area contributed by atoms with Crippen molar-refractivity contribution in [1.82, 2.24) is 15.1 Å². The van der Waals surface area contributed by atoms with E-state index in [1.807, 2.05) is 11.6 Å². The number of piperidine rings is 1. The summed E-state index contributed by atoms with van der Waals surface area (Å²) in [5.41, 5.74) is 1.68. The van der Waals surface area contributed by atoms with E-state index in [1.165, 1.54) is 0 Å². The van der Waals surface area contributed by atoms with Crippen LogP contribution in [0, 0.1) is 18.3 Å². The minimum Gasteiger partial charge on any atom is -0.316 e. The van der Waals surface area contributed by atoms with Crippen LogP contribution in [0.3, 0.4) is 0 Å². The van der Waals surface area contributed by atoms with Crippen molar-refractivity contribution in [2.45, 2.75) is 53.5 Å². The molecule has 1 unspecified atom stereocenters. The van der Waals surface area contributed by atoms with Crippen LogP contribution in [0.5, 0.6) is 0 Å². The molecule has 21 heavy (non-hydrogen) atoms. The molecular weight excluding hydrogens is 330 g/mol. The summed E-state index contributed by atoms with van der Waals surface area (Å²) in [5.74, 6) is 0.739. The Morgan fingerprint density at radius 3 is 2.81 bits per heavy atom. The molecule has 0 aliphatic carbocycles. The summed E-state index contributed by atoms with van der Waals surface area (Å²) in [7, 11) is 0. The van der Waals surface area contributed by atoms with Crippen LogP contribution in [0.1, 0.15) is 45.0 Å². The molecule has 1 aliphatic heterocycles. The van der Waals surface area contributed by atoms with Gasteiger partial charge in [0.25, 0.3) is 0 Å². The van der Waals surface area contributed by atoms with E-state index in [4.69, 9.17) is 0 Å². The molecule has 1 aromatic rings. The topological polar surface area (TPSA) is 46.9 Å². The van der Waals surface area contributed by atoms with Gasteiger partial charge >= 0.3 is 0 Å². The van der Waals surface area contributed by atoms with Gasteiger partial charge in [-0.25, -0.2) is 0 Å². The predicted octanol–water partition coefficient (Wildman–Crippen LogP) is 3.11. The Morgan fingerprint density at radius 1 is 1.52 bits per heavy atom. The number of rotatable bonds is 5. The summed E-state index contributed by atoms with van der Waals surface area (Å²) in [5, 5.41) is 7.90. The first-order valence-electron chi connectivity index (χ1n) is 7.83. The SMILES string of the molecule is CCn1nc(C)c(Br)c1CC(=O)C(C)(C)C1CCCNC1. The number of halogens is 1. The highest BCUT2D eigenvalue weighted by molar-refractivity contribution is 9.10. The number of nitrogens with zero attached hydrogens (tertiary/aromatic N) is 2. The van der Waals surface area contributed by atoms with Crippen molar-refractivity contribution in [3.63, 3.8) is 0 Å². The van der Waals surface area contributed by atoms with Gasteiger partial charge in [0, 0.05) is 12.0 Å². The lowest BCUT2D eigenvalue weighted by Crippen LogP contribution is -2.43. The molecule has 0 aromatic carbocycles. The lowest BCUT2D eigenvalue weighted by atomic mass is 9.71. The third-order valence-electron chi connectivity index (χ3n) is 4.82. The average Bonchev–Trinajstić information content (AvgIpc) is 2.75. The minimum absolute atomic E-state index is 0.288. The summed E-state index contributed by atoms with van der Waals surface area (Å²) in [4.78, 5) is 12.9. The van der Waals surface area contributed by atoms with Gasteiger partial charge in [-0.15, -0.1) is 0 Å². The number of carbonyl (C=O) groups excluding carboxylic acids is 1. The van der Waals surface area contributed by atoms with E-state index in [2.05, 4.69) is 47.1 Å². The highest BCUT2D eigenvalue weighted by Gasteiger charge is 2.37. The lowest BCUT2D eigenvalue weighted by Gasteiger charge is -2.36. The third kappa shape index (κ3) is 3.39. The first-order valence-corrected chi connectivity index (χ1v) is 8.63. The molecule has 0 saturated carbocycles. The molecule has 1 aromatic heterocycles. The molecule has 2 heterocycles. The van der Waals surface area contributed by atoms with Gasteiger partial charge in [0.2, 0.25) is 0 Å². The van der Waals surface area contributed by atoms with Crippen LogP contribution in [0.4, 0.5) is 0 Å².